The van der Waals surface area contributed by atoms with E-state index in [0.29, 0.717) is 18.1 Å². The first-order chi connectivity index (χ1) is 13.4. The number of nitrogens with zero attached hydrogens (tertiary/aromatic N) is 3. The highest BCUT2D eigenvalue weighted by Gasteiger charge is 2.18. The molecule has 2 N–H and O–H groups in total. The van der Waals surface area contributed by atoms with Crippen LogP contribution in [-0.4, -0.2) is 60.2 Å². The van der Waals surface area contributed by atoms with Gasteiger partial charge in [-0.25, -0.2) is 9.97 Å². The zero-order valence-electron chi connectivity index (χ0n) is 16.9. The van der Waals surface area contributed by atoms with E-state index < -0.39 is 0 Å². The van der Waals surface area contributed by atoms with Gasteiger partial charge in [-0.3, -0.25) is 9.69 Å². The number of nitrogens with one attached hydrogen (secondary N) is 2. The van der Waals surface area contributed by atoms with Gasteiger partial charge in [-0.1, -0.05) is 39.0 Å². The van der Waals surface area contributed by atoms with E-state index in [1.165, 1.54) is 11.9 Å². The molecule has 0 aliphatic carbocycles. The Hall–Kier alpha value is -2.51. The summed E-state index contributed by atoms with van der Waals surface area (Å²) in [6, 6.07) is 9.81. The summed E-state index contributed by atoms with van der Waals surface area (Å²) in [7, 11) is 0. The number of ether oxygens (including phenoxy) is 1. The summed E-state index contributed by atoms with van der Waals surface area (Å²) in [5, 5.41) is 6.26. The number of carbonyl (C=O) groups excluding carboxylic acids is 1. The van der Waals surface area contributed by atoms with Crippen LogP contribution >= 0.6 is 0 Å². The lowest BCUT2D eigenvalue weighted by molar-refractivity contribution is 0.0383. The van der Waals surface area contributed by atoms with Crippen LogP contribution in [0, 0.1) is 0 Å². The van der Waals surface area contributed by atoms with Crippen molar-refractivity contribution in [3.8, 4) is 0 Å². The van der Waals surface area contributed by atoms with Gasteiger partial charge < -0.3 is 15.4 Å². The van der Waals surface area contributed by atoms with Crippen molar-refractivity contribution in [1.82, 2.24) is 20.2 Å². The molecule has 0 bridgehead atoms. The first-order valence-electron chi connectivity index (χ1n) is 9.70. The average molecular weight is 383 g/mol. The van der Waals surface area contributed by atoms with Crippen molar-refractivity contribution in [2.24, 2.45) is 0 Å². The van der Waals surface area contributed by atoms with Crippen molar-refractivity contribution in [3.63, 3.8) is 0 Å². The van der Waals surface area contributed by atoms with Gasteiger partial charge in [-0.2, -0.15) is 0 Å². The fourth-order valence-corrected chi connectivity index (χ4v) is 3.18. The number of morpholine rings is 1. The zero-order valence-corrected chi connectivity index (χ0v) is 16.9. The molecule has 1 aliphatic heterocycles. The topological polar surface area (TPSA) is 79.4 Å². The van der Waals surface area contributed by atoms with Crippen LogP contribution in [-0.2, 0) is 10.2 Å². The number of hydrogen-bond donors (Lipinski definition) is 2. The molecule has 1 aromatic heterocycles. The van der Waals surface area contributed by atoms with Crippen LogP contribution in [0.15, 0.2) is 36.7 Å². The Bertz CT molecular complexity index is 797. The molecule has 2 aromatic rings. The SMILES string of the molecule is CC(C)(C)c1ccccc1Nc1cc(C(=O)NCCN2CCOCC2)ncn1. The van der Waals surface area contributed by atoms with Crippen LogP contribution in [0.4, 0.5) is 11.5 Å². The van der Waals surface area contributed by atoms with Crippen molar-refractivity contribution in [2.75, 3.05) is 44.7 Å². The molecule has 0 spiro atoms. The van der Waals surface area contributed by atoms with Crippen LogP contribution in [0.1, 0.15) is 36.8 Å². The highest BCUT2D eigenvalue weighted by atomic mass is 16.5. The second-order valence-corrected chi connectivity index (χ2v) is 7.92. The minimum Gasteiger partial charge on any atom is -0.379 e. The quantitative estimate of drug-likeness (QED) is 0.798. The second kappa shape index (κ2) is 9.12. The average Bonchev–Trinajstić information content (AvgIpc) is 2.68. The Kier molecular flexibility index (Phi) is 6.59. The predicted octanol–water partition coefficient (Wildman–Crippen LogP) is 2.58. The Morgan fingerprint density at radius 1 is 1.18 bits per heavy atom. The number of aromatic nitrogens is 2. The van der Waals surface area contributed by atoms with Gasteiger partial charge >= 0.3 is 0 Å². The molecule has 28 heavy (non-hydrogen) atoms. The lowest BCUT2D eigenvalue weighted by Gasteiger charge is -2.26. The fourth-order valence-electron chi connectivity index (χ4n) is 3.18. The zero-order chi connectivity index (χ0) is 20.0. The first kappa shape index (κ1) is 20.2. The highest BCUT2D eigenvalue weighted by Crippen LogP contribution is 2.30. The maximum atomic E-state index is 12.4. The molecule has 3 rings (SSSR count). The number of carbonyl (C=O) groups is 1. The molecular weight excluding hydrogens is 354 g/mol. The van der Waals surface area contributed by atoms with Crippen molar-refractivity contribution < 1.29 is 9.53 Å². The Morgan fingerprint density at radius 3 is 2.68 bits per heavy atom. The minimum absolute atomic E-state index is 0.00365. The molecule has 0 atom stereocenters. The minimum atomic E-state index is -0.192. The summed E-state index contributed by atoms with van der Waals surface area (Å²) < 4.78 is 5.33. The molecular formula is C21H29N5O2. The standard InChI is InChI=1S/C21H29N5O2/c1-21(2,3)16-6-4-5-7-17(16)25-19-14-18(23-15-24-19)20(27)22-8-9-26-10-12-28-13-11-26/h4-7,14-15H,8-13H2,1-3H3,(H,22,27)(H,23,24,25). The van der Waals surface area contributed by atoms with E-state index in [2.05, 4.69) is 52.3 Å². The van der Waals surface area contributed by atoms with Crippen molar-refractivity contribution in [2.45, 2.75) is 26.2 Å². The maximum Gasteiger partial charge on any atom is 0.270 e. The predicted molar refractivity (Wildman–Crippen MR) is 110 cm³/mol. The van der Waals surface area contributed by atoms with Gasteiger partial charge in [0.05, 0.1) is 13.2 Å². The lowest BCUT2D eigenvalue weighted by atomic mass is 9.86. The molecule has 1 saturated heterocycles. The third-order valence-corrected chi connectivity index (χ3v) is 4.71. The number of hydrogen-bond acceptors (Lipinski definition) is 6. The first-order valence-corrected chi connectivity index (χ1v) is 9.70. The lowest BCUT2D eigenvalue weighted by Crippen LogP contribution is -2.41. The van der Waals surface area contributed by atoms with Crippen LogP contribution in [0.3, 0.4) is 0 Å². The molecule has 0 radical (unpaired) electrons. The summed E-state index contributed by atoms with van der Waals surface area (Å²) in [5.41, 5.74) is 2.52. The van der Waals surface area contributed by atoms with Gasteiger partial charge in [-0.05, 0) is 17.0 Å². The molecule has 7 nitrogen and oxygen atoms in total. The van der Waals surface area contributed by atoms with Crippen LogP contribution < -0.4 is 10.6 Å². The normalized spacial score (nSPS) is 15.2. The van der Waals surface area contributed by atoms with E-state index in [4.69, 9.17) is 4.74 Å². The van der Waals surface area contributed by atoms with E-state index in [0.717, 1.165) is 38.5 Å². The molecule has 1 amide bonds. The smallest absolute Gasteiger partial charge is 0.270 e. The van der Waals surface area contributed by atoms with Crippen LogP contribution in [0.25, 0.3) is 0 Å². The molecule has 1 aromatic carbocycles. The van der Waals surface area contributed by atoms with E-state index >= 15 is 0 Å². The van der Waals surface area contributed by atoms with Crippen LogP contribution in [0.5, 0.6) is 0 Å². The van der Waals surface area contributed by atoms with Gasteiger partial charge in [0.1, 0.15) is 17.8 Å². The molecule has 0 saturated carbocycles. The van der Waals surface area contributed by atoms with Gasteiger partial charge in [0.15, 0.2) is 0 Å². The Labute approximate surface area is 166 Å². The molecule has 150 valence electrons. The van der Waals surface area contributed by atoms with Crippen LogP contribution in [0.2, 0.25) is 0 Å². The van der Waals surface area contributed by atoms with Crippen molar-refractivity contribution in [1.29, 1.82) is 0 Å². The summed E-state index contributed by atoms with van der Waals surface area (Å²) >= 11 is 0. The molecule has 0 unspecified atom stereocenters. The van der Waals surface area contributed by atoms with Crippen molar-refractivity contribution in [3.05, 3.63) is 47.9 Å². The molecule has 1 fully saturated rings. The summed E-state index contributed by atoms with van der Waals surface area (Å²) in [6.07, 6.45) is 1.42. The number of para-hydroxylation sites is 1. The summed E-state index contributed by atoms with van der Waals surface area (Å²) in [6.45, 7) is 11.2. The van der Waals surface area contributed by atoms with Crippen molar-refractivity contribution >= 4 is 17.4 Å². The Balaban J connectivity index is 1.62. The van der Waals surface area contributed by atoms with Gasteiger partial charge in [0.25, 0.3) is 5.91 Å². The second-order valence-electron chi connectivity index (χ2n) is 7.92. The molecule has 7 heteroatoms. The highest BCUT2D eigenvalue weighted by molar-refractivity contribution is 5.93. The van der Waals surface area contributed by atoms with E-state index in [1.807, 2.05) is 18.2 Å². The summed E-state index contributed by atoms with van der Waals surface area (Å²) in [5.74, 6) is 0.410. The maximum absolute atomic E-state index is 12.4. The van der Waals surface area contributed by atoms with Gasteiger partial charge in [0, 0.05) is 37.9 Å². The van der Waals surface area contributed by atoms with E-state index in [9.17, 15) is 4.79 Å². The van der Waals surface area contributed by atoms with E-state index in [-0.39, 0.29) is 11.3 Å². The Morgan fingerprint density at radius 2 is 1.93 bits per heavy atom. The third-order valence-electron chi connectivity index (χ3n) is 4.71. The largest absolute Gasteiger partial charge is 0.379 e. The third kappa shape index (κ3) is 5.50. The monoisotopic (exact) mass is 383 g/mol. The molecule has 2 heterocycles. The number of amides is 1. The van der Waals surface area contributed by atoms with E-state index in [1.54, 1.807) is 6.07 Å². The summed E-state index contributed by atoms with van der Waals surface area (Å²) in [4.78, 5) is 23.1. The van der Waals surface area contributed by atoms with Gasteiger partial charge in [0.2, 0.25) is 0 Å². The number of benzene rings is 1. The number of rotatable bonds is 6. The fraction of sp³-hybridized carbons (Fsp3) is 0.476. The van der Waals surface area contributed by atoms with Gasteiger partial charge in [-0.15, -0.1) is 0 Å². The number of anilines is 2. The molecule has 1 aliphatic rings.